The standard InChI is InChI=1S/C10H12Cl3O4P/c1-3-15-18(14,16-4-2)17-10-6-8(12)7(11)5-9(10)13/h5-6H,3-4H2,1-2H3. The molecule has 0 N–H and O–H groups in total. The van der Waals surface area contributed by atoms with Gasteiger partial charge in [0.15, 0.2) is 5.75 Å². The van der Waals surface area contributed by atoms with Crippen LogP contribution in [0.4, 0.5) is 0 Å². The zero-order valence-electron chi connectivity index (χ0n) is 9.78. The van der Waals surface area contributed by atoms with Crippen LogP contribution in [-0.2, 0) is 13.6 Å². The summed E-state index contributed by atoms with van der Waals surface area (Å²) in [5.41, 5.74) is 0. The molecule has 0 radical (unpaired) electrons. The summed E-state index contributed by atoms with van der Waals surface area (Å²) in [6, 6.07) is 2.75. The van der Waals surface area contributed by atoms with Crippen LogP contribution in [0.1, 0.15) is 13.8 Å². The maximum atomic E-state index is 12.1. The van der Waals surface area contributed by atoms with Crippen molar-refractivity contribution in [2.45, 2.75) is 13.8 Å². The lowest BCUT2D eigenvalue weighted by atomic mass is 10.3. The zero-order valence-corrected chi connectivity index (χ0v) is 12.9. The second-order valence-corrected chi connectivity index (χ2v) is 5.89. The van der Waals surface area contributed by atoms with Gasteiger partial charge < -0.3 is 4.52 Å². The Balaban J connectivity index is 3.01. The number of hydrogen-bond donors (Lipinski definition) is 0. The Hall–Kier alpha value is 0.0400. The lowest BCUT2D eigenvalue weighted by Gasteiger charge is -2.18. The lowest BCUT2D eigenvalue weighted by Crippen LogP contribution is -2.02. The van der Waals surface area contributed by atoms with Crippen molar-refractivity contribution in [3.8, 4) is 5.75 Å². The number of hydrogen-bond acceptors (Lipinski definition) is 4. The van der Waals surface area contributed by atoms with Gasteiger partial charge in [0, 0.05) is 6.07 Å². The molecule has 0 spiro atoms. The highest BCUT2D eigenvalue weighted by Gasteiger charge is 2.28. The molecule has 0 heterocycles. The van der Waals surface area contributed by atoms with Gasteiger partial charge in [-0.3, -0.25) is 9.05 Å². The SMILES string of the molecule is CCOP(=O)(OCC)Oc1cc(Cl)c(Cl)cc1Cl. The Morgan fingerprint density at radius 2 is 1.50 bits per heavy atom. The number of halogens is 3. The lowest BCUT2D eigenvalue weighted by molar-refractivity contribution is 0.167. The summed E-state index contributed by atoms with van der Waals surface area (Å²) < 4.78 is 27.3. The van der Waals surface area contributed by atoms with Gasteiger partial charge in [-0.2, -0.15) is 0 Å². The Morgan fingerprint density at radius 3 is 2.00 bits per heavy atom. The molecular weight excluding hydrogens is 321 g/mol. The van der Waals surface area contributed by atoms with Crippen LogP contribution in [0.2, 0.25) is 15.1 Å². The molecule has 0 saturated carbocycles. The van der Waals surface area contributed by atoms with Crippen molar-refractivity contribution in [1.29, 1.82) is 0 Å². The molecule has 1 rings (SSSR count). The van der Waals surface area contributed by atoms with Crippen molar-refractivity contribution in [2.24, 2.45) is 0 Å². The molecule has 0 aliphatic carbocycles. The van der Waals surface area contributed by atoms with E-state index in [2.05, 4.69) is 0 Å². The average Bonchev–Trinajstić information content (AvgIpc) is 2.26. The van der Waals surface area contributed by atoms with E-state index >= 15 is 0 Å². The summed E-state index contributed by atoms with van der Waals surface area (Å²) in [5.74, 6) is 0.0938. The van der Waals surface area contributed by atoms with Gasteiger partial charge >= 0.3 is 7.82 Å². The van der Waals surface area contributed by atoms with E-state index in [9.17, 15) is 4.57 Å². The van der Waals surface area contributed by atoms with E-state index in [1.165, 1.54) is 12.1 Å². The fourth-order valence-corrected chi connectivity index (χ4v) is 2.93. The maximum Gasteiger partial charge on any atom is 0.530 e. The van der Waals surface area contributed by atoms with Crippen molar-refractivity contribution >= 4 is 42.6 Å². The second kappa shape index (κ2) is 6.99. The maximum absolute atomic E-state index is 12.1. The molecule has 102 valence electrons. The minimum Gasteiger partial charge on any atom is -0.402 e. The number of rotatable bonds is 6. The molecule has 8 heteroatoms. The van der Waals surface area contributed by atoms with Crippen LogP contribution in [0.3, 0.4) is 0 Å². The summed E-state index contributed by atoms with van der Waals surface area (Å²) in [6.07, 6.45) is 0. The van der Waals surface area contributed by atoms with E-state index in [4.69, 9.17) is 48.4 Å². The summed E-state index contributed by atoms with van der Waals surface area (Å²) in [5, 5.41) is 0.677. The van der Waals surface area contributed by atoms with Gasteiger partial charge in [-0.05, 0) is 19.9 Å². The Labute approximate surface area is 121 Å². The van der Waals surface area contributed by atoms with E-state index in [0.29, 0.717) is 0 Å². The first kappa shape index (κ1) is 16.1. The predicted octanol–water partition coefficient (Wildman–Crippen LogP) is 5.21. The Kier molecular flexibility index (Phi) is 6.25. The van der Waals surface area contributed by atoms with E-state index < -0.39 is 7.82 Å². The van der Waals surface area contributed by atoms with Gasteiger partial charge in [0.2, 0.25) is 0 Å². The van der Waals surface area contributed by atoms with E-state index in [1.807, 2.05) is 0 Å². The van der Waals surface area contributed by atoms with E-state index in [-0.39, 0.29) is 34.0 Å². The molecule has 1 aromatic carbocycles. The third-order valence-electron chi connectivity index (χ3n) is 1.76. The molecule has 0 unspecified atom stereocenters. The minimum atomic E-state index is -3.69. The molecule has 0 atom stereocenters. The van der Waals surface area contributed by atoms with Gasteiger partial charge in [0.25, 0.3) is 0 Å². The quantitative estimate of drug-likeness (QED) is 0.530. The van der Waals surface area contributed by atoms with Crippen LogP contribution in [0.5, 0.6) is 5.75 Å². The first-order valence-electron chi connectivity index (χ1n) is 5.15. The van der Waals surface area contributed by atoms with Gasteiger partial charge in [-0.15, -0.1) is 0 Å². The van der Waals surface area contributed by atoms with Crippen LogP contribution in [0.15, 0.2) is 12.1 Å². The zero-order chi connectivity index (χ0) is 13.8. The fourth-order valence-electron chi connectivity index (χ4n) is 1.10. The molecule has 4 nitrogen and oxygen atoms in total. The van der Waals surface area contributed by atoms with Crippen LogP contribution >= 0.6 is 42.6 Å². The molecule has 0 amide bonds. The predicted molar refractivity (Wildman–Crippen MR) is 73.0 cm³/mol. The van der Waals surface area contributed by atoms with Gasteiger partial charge in [0.05, 0.1) is 28.3 Å². The smallest absolute Gasteiger partial charge is 0.402 e. The van der Waals surface area contributed by atoms with Crippen molar-refractivity contribution in [1.82, 2.24) is 0 Å². The average molecular weight is 334 g/mol. The summed E-state index contributed by atoms with van der Waals surface area (Å²) in [6.45, 7) is 3.70. The third kappa shape index (κ3) is 4.30. The third-order valence-corrected chi connectivity index (χ3v) is 4.35. The van der Waals surface area contributed by atoms with Crippen molar-refractivity contribution in [3.63, 3.8) is 0 Å². The van der Waals surface area contributed by atoms with E-state index in [1.54, 1.807) is 13.8 Å². The summed E-state index contributed by atoms with van der Waals surface area (Å²) >= 11 is 17.5. The highest BCUT2D eigenvalue weighted by Crippen LogP contribution is 2.51. The molecular formula is C10H12Cl3O4P. The van der Waals surface area contributed by atoms with Crippen LogP contribution in [0.25, 0.3) is 0 Å². The van der Waals surface area contributed by atoms with Crippen molar-refractivity contribution < 1.29 is 18.1 Å². The molecule has 0 aliphatic heterocycles. The van der Waals surface area contributed by atoms with E-state index in [0.717, 1.165) is 0 Å². The summed E-state index contributed by atoms with van der Waals surface area (Å²) in [7, 11) is -3.69. The molecule has 0 aliphatic rings. The van der Waals surface area contributed by atoms with Crippen LogP contribution in [0, 0.1) is 0 Å². The summed E-state index contributed by atoms with van der Waals surface area (Å²) in [4.78, 5) is 0. The number of phosphoric ester groups is 1. The van der Waals surface area contributed by atoms with Gasteiger partial charge in [-0.25, -0.2) is 4.57 Å². The van der Waals surface area contributed by atoms with Crippen molar-refractivity contribution in [2.75, 3.05) is 13.2 Å². The molecule has 0 aromatic heterocycles. The highest BCUT2D eigenvalue weighted by atomic mass is 35.5. The second-order valence-electron chi connectivity index (χ2n) is 3.07. The minimum absolute atomic E-state index is 0.0938. The topological polar surface area (TPSA) is 44.8 Å². The van der Waals surface area contributed by atoms with Crippen LogP contribution < -0.4 is 4.52 Å². The first-order chi connectivity index (χ1) is 8.41. The molecule has 18 heavy (non-hydrogen) atoms. The molecule has 0 bridgehead atoms. The van der Waals surface area contributed by atoms with Crippen LogP contribution in [-0.4, -0.2) is 13.2 Å². The van der Waals surface area contributed by atoms with Crippen molar-refractivity contribution in [3.05, 3.63) is 27.2 Å². The van der Waals surface area contributed by atoms with Gasteiger partial charge in [-0.1, -0.05) is 34.8 Å². The normalized spacial score (nSPS) is 11.6. The Morgan fingerprint density at radius 1 is 1.00 bits per heavy atom. The fraction of sp³-hybridized carbons (Fsp3) is 0.400. The molecule has 1 aromatic rings. The largest absolute Gasteiger partial charge is 0.530 e. The molecule has 0 saturated heterocycles. The number of phosphoric acid groups is 1. The monoisotopic (exact) mass is 332 g/mol. The van der Waals surface area contributed by atoms with Gasteiger partial charge in [0.1, 0.15) is 0 Å². The highest BCUT2D eigenvalue weighted by molar-refractivity contribution is 7.48. The Bertz CT molecular complexity index is 457. The molecule has 0 fully saturated rings. The number of benzene rings is 1. The first-order valence-corrected chi connectivity index (χ1v) is 7.74.